The maximum Gasteiger partial charge on any atom is 0.124 e. The molecule has 0 aliphatic heterocycles. The van der Waals surface area contributed by atoms with Gasteiger partial charge in [0.25, 0.3) is 0 Å². The van der Waals surface area contributed by atoms with E-state index in [9.17, 15) is 0 Å². The maximum absolute atomic E-state index is 5.84. The summed E-state index contributed by atoms with van der Waals surface area (Å²) >= 11 is 0. The van der Waals surface area contributed by atoms with Crippen LogP contribution in [0.15, 0.2) is 48.8 Å². The number of rotatable bonds is 5. The monoisotopic (exact) mass is 257 g/mol. The lowest BCUT2D eigenvalue weighted by Gasteiger charge is -2.21. The molecular weight excluding hydrogens is 238 g/mol. The van der Waals surface area contributed by atoms with Crippen LogP contribution < -0.4 is 16.0 Å². The van der Waals surface area contributed by atoms with Crippen molar-refractivity contribution in [2.24, 2.45) is 5.84 Å². The summed E-state index contributed by atoms with van der Waals surface area (Å²) < 4.78 is 5.84. The average molecular weight is 257 g/mol. The Hall–Kier alpha value is -1.91. The van der Waals surface area contributed by atoms with Crippen LogP contribution in [0.5, 0.6) is 5.75 Å². The zero-order chi connectivity index (χ0) is 13.7. The first-order chi connectivity index (χ1) is 9.22. The van der Waals surface area contributed by atoms with Crippen LogP contribution in [0.4, 0.5) is 0 Å². The molecule has 2 aromatic rings. The predicted molar refractivity (Wildman–Crippen MR) is 75.6 cm³/mol. The van der Waals surface area contributed by atoms with Gasteiger partial charge in [0, 0.05) is 18.0 Å². The molecule has 0 spiro atoms. The number of benzene rings is 1. The average Bonchev–Trinajstić information content (AvgIpc) is 2.42. The molecule has 0 amide bonds. The lowest BCUT2D eigenvalue weighted by atomic mass is 9.99. The van der Waals surface area contributed by atoms with Crippen molar-refractivity contribution in [2.45, 2.75) is 26.0 Å². The van der Waals surface area contributed by atoms with Gasteiger partial charge >= 0.3 is 0 Å². The molecule has 1 unspecified atom stereocenters. The van der Waals surface area contributed by atoms with Crippen LogP contribution in [-0.2, 0) is 0 Å². The number of nitrogens with two attached hydrogens (primary N) is 1. The highest BCUT2D eigenvalue weighted by atomic mass is 16.5. The van der Waals surface area contributed by atoms with E-state index >= 15 is 0 Å². The molecular formula is C15H19N3O. The van der Waals surface area contributed by atoms with Gasteiger partial charge in [0.15, 0.2) is 0 Å². The quantitative estimate of drug-likeness (QED) is 0.638. The number of pyridine rings is 1. The van der Waals surface area contributed by atoms with Gasteiger partial charge in [0.1, 0.15) is 5.75 Å². The number of para-hydroxylation sites is 1. The van der Waals surface area contributed by atoms with E-state index in [4.69, 9.17) is 10.6 Å². The summed E-state index contributed by atoms with van der Waals surface area (Å²) in [4.78, 5) is 4.03. The van der Waals surface area contributed by atoms with E-state index < -0.39 is 0 Å². The predicted octanol–water partition coefficient (Wildman–Crippen LogP) is 2.42. The Bertz CT molecular complexity index is 514. The standard InChI is InChI=1S/C15H19N3O/c1-11(2)19-14-6-4-3-5-13(14)15(18-16)12-7-9-17-10-8-12/h3-11,15,18H,16H2,1-2H3. The lowest BCUT2D eigenvalue weighted by Crippen LogP contribution is -2.29. The van der Waals surface area contributed by atoms with Gasteiger partial charge in [-0.15, -0.1) is 0 Å². The molecule has 0 fully saturated rings. The molecule has 0 saturated carbocycles. The van der Waals surface area contributed by atoms with Crippen molar-refractivity contribution in [3.63, 3.8) is 0 Å². The molecule has 0 aliphatic carbocycles. The fourth-order valence-electron chi connectivity index (χ4n) is 2.00. The SMILES string of the molecule is CC(C)Oc1ccccc1C(NN)c1ccncc1. The third-order valence-electron chi connectivity index (χ3n) is 2.80. The molecule has 4 heteroatoms. The first-order valence-corrected chi connectivity index (χ1v) is 6.34. The summed E-state index contributed by atoms with van der Waals surface area (Å²) in [5, 5.41) is 0. The Morgan fingerprint density at radius 2 is 1.79 bits per heavy atom. The van der Waals surface area contributed by atoms with E-state index in [0.29, 0.717) is 0 Å². The van der Waals surface area contributed by atoms with Crippen LogP contribution in [0.25, 0.3) is 0 Å². The van der Waals surface area contributed by atoms with E-state index in [1.165, 1.54) is 0 Å². The van der Waals surface area contributed by atoms with Crippen LogP contribution in [0.3, 0.4) is 0 Å². The highest BCUT2D eigenvalue weighted by Gasteiger charge is 2.17. The second-order valence-corrected chi connectivity index (χ2v) is 4.58. The number of hydrogen-bond acceptors (Lipinski definition) is 4. The first-order valence-electron chi connectivity index (χ1n) is 6.34. The first kappa shape index (κ1) is 13.5. The number of nitrogens with zero attached hydrogens (tertiary/aromatic N) is 1. The molecule has 0 radical (unpaired) electrons. The van der Waals surface area contributed by atoms with Crippen LogP contribution >= 0.6 is 0 Å². The second-order valence-electron chi connectivity index (χ2n) is 4.58. The Morgan fingerprint density at radius 3 is 2.42 bits per heavy atom. The number of hydrogen-bond donors (Lipinski definition) is 2. The van der Waals surface area contributed by atoms with Gasteiger partial charge in [-0.1, -0.05) is 18.2 Å². The highest BCUT2D eigenvalue weighted by Crippen LogP contribution is 2.29. The molecule has 3 N–H and O–H groups in total. The molecule has 19 heavy (non-hydrogen) atoms. The molecule has 0 aliphatic rings. The largest absolute Gasteiger partial charge is 0.491 e. The van der Waals surface area contributed by atoms with E-state index in [2.05, 4.69) is 10.4 Å². The number of aromatic nitrogens is 1. The molecule has 0 saturated heterocycles. The third kappa shape index (κ3) is 3.30. The Balaban J connectivity index is 2.38. The molecule has 0 bridgehead atoms. The van der Waals surface area contributed by atoms with Gasteiger partial charge in [-0.25, -0.2) is 5.43 Å². The van der Waals surface area contributed by atoms with Crippen LogP contribution in [-0.4, -0.2) is 11.1 Å². The van der Waals surface area contributed by atoms with E-state index in [1.54, 1.807) is 12.4 Å². The fourth-order valence-corrected chi connectivity index (χ4v) is 2.00. The maximum atomic E-state index is 5.84. The number of nitrogens with one attached hydrogen (secondary N) is 1. The second kappa shape index (κ2) is 6.31. The summed E-state index contributed by atoms with van der Waals surface area (Å²) in [5.74, 6) is 6.56. The van der Waals surface area contributed by atoms with Crippen molar-refractivity contribution in [1.29, 1.82) is 0 Å². The topological polar surface area (TPSA) is 60.2 Å². The number of hydrazine groups is 1. The van der Waals surface area contributed by atoms with E-state index in [-0.39, 0.29) is 12.1 Å². The van der Waals surface area contributed by atoms with Crippen molar-refractivity contribution in [3.05, 3.63) is 59.9 Å². The minimum absolute atomic E-state index is 0.113. The van der Waals surface area contributed by atoms with Crippen molar-refractivity contribution in [3.8, 4) is 5.75 Å². The van der Waals surface area contributed by atoms with E-state index in [0.717, 1.165) is 16.9 Å². The number of ether oxygens (including phenoxy) is 1. The Kier molecular flexibility index (Phi) is 4.49. The molecule has 1 atom stereocenters. The molecule has 1 aromatic carbocycles. The van der Waals surface area contributed by atoms with Crippen molar-refractivity contribution < 1.29 is 4.74 Å². The normalized spacial score (nSPS) is 12.4. The van der Waals surface area contributed by atoms with Crippen molar-refractivity contribution in [2.75, 3.05) is 0 Å². The van der Waals surface area contributed by atoms with Crippen molar-refractivity contribution in [1.82, 2.24) is 10.4 Å². The fraction of sp³-hybridized carbons (Fsp3) is 0.267. The van der Waals surface area contributed by atoms with Gasteiger partial charge in [-0.3, -0.25) is 10.8 Å². The van der Waals surface area contributed by atoms with Crippen molar-refractivity contribution >= 4 is 0 Å². The Labute approximate surface area is 113 Å². The van der Waals surface area contributed by atoms with Crippen LogP contribution in [0.1, 0.15) is 31.0 Å². The van der Waals surface area contributed by atoms with Gasteiger partial charge in [-0.05, 0) is 37.6 Å². The molecule has 100 valence electrons. The summed E-state index contributed by atoms with van der Waals surface area (Å²) in [6, 6.07) is 11.7. The van der Waals surface area contributed by atoms with Crippen LogP contribution in [0.2, 0.25) is 0 Å². The molecule has 1 heterocycles. The molecule has 1 aromatic heterocycles. The van der Waals surface area contributed by atoms with Gasteiger partial charge < -0.3 is 4.74 Å². The lowest BCUT2D eigenvalue weighted by molar-refractivity contribution is 0.238. The zero-order valence-corrected chi connectivity index (χ0v) is 11.2. The van der Waals surface area contributed by atoms with Gasteiger partial charge in [0.05, 0.1) is 12.1 Å². The smallest absolute Gasteiger partial charge is 0.124 e. The minimum atomic E-state index is -0.113. The van der Waals surface area contributed by atoms with Gasteiger partial charge in [-0.2, -0.15) is 0 Å². The third-order valence-corrected chi connectivity index (χ3v) is 2.80. The summed E-state index contributed by atoms with van der Waals surface area (Å²) in [7, 11) is 0. The zero-order valence-electron chi connectivity index (χ0n) is 11.2. The Morgan fingerprint density at radius 1 is 1.11 bits per heavy atom. The molecule has 2 rings (SSSR count). The van der Waals surface area contributed by atoms with E-state index in [1.807, 2.05) is 50.2 Å². The van der Waals surface area contributed by atoms with Crippen LogP contribution in [0, 0.1) is 0 Å². The van der Waals surface area contributed by atoms with Gasteiger partial charge in [0.2, 0.25) is 0 Å². The summed E-state index contributed by atoms with van der Waals surface area (Å²) in [6.07, 6.45) is 3.63. The molecule has 4 nitrogen and oxygen atoms in total. The summed E-state index contributed by atoms with van der Waals surface area (Å²) in [5.41, 5.74) is 4.91. The highest BCUT2D eigenvalue weighted by molar-refractivity contribution is 5.41. The summed E-state index contributed by atoms with van der Waals surface area (Å²) in [6.45, 7) is 4.02. The minimum Gasteiger partial charge on any atom is -0.491 e.